The Bertz CT molecular complexity index is 987. The number of hydrogen-bond acceptors (Lipinski definition) is 5. The molecule has 0 bridgehead atoms. The molecular formula is C16H12ClN3O3S2. The Morgan fingerprint density at radius 3 is 2.40 bits per heavy atom. The van der Waals surface area contributed by atoms with Crippen molar-refractivity contribution in [3.8, 4) is 0 Å². The fourth-order valence-corrected chi connectivity index (χ4v) is 4.02. The van der Waals surface area contributed by atoms with Crippen molar-refractivity contribution in [2.24, 2.45) is 0 Å². The van der Waals surface area contributed by atoms with Crippen LogP contribution in [-0.2, 0) is 10.0 Å². The first-order valence-electron chi connectivity index (χ1n) is 7.04. The third kappa shape index (κ3) is 4.36. The first-order chi connectivity index (χ1) is 11.9. The molecule has 0 saturated carbocycles. The molecule has 0 saturated heterocycles. The molecule has 1 amide bonds. The summed E-state index contributed by atoms with van der Waals surface area (Å²) in [5, 5.41) is 4.82. The Balaban J connectivity index is 1.72. The molecule has 0 aliphatic carbocycles. The van der Waals surface area contributed by atoms with E-state index in [4.69, 9.17) is 11.6 Å². The van der Waals surface area contributed by atoms with Gasteiger partial charge in [0.25, 0.3) is 15.9 Å². The lowest BCUT2D eigenvalue weighted by molar-refractivity contribution is 0.102. The van der Waals surface area contributed by atoms with Gasteiger partial charge < -0.3 is 5.32 Å². The van der Waals surface area contributed by atoms with Crippen LogP contribution in [0.15, 0.2) is 64.9 Å². The van der Waals surface area contributed by atoms with Crippen LogP contribution in [0.2, 0.25) is 5.02 Å². The molecule has 128 valence electrons. The van der Waals surface area contributed by atoms with E-state index in [2.05, 4.69) is 15.0 Å². The average molecular weight is 394 g/mol. The molecule has 3 rings (SSSR count). The number of sulfonamides is 1. The first kappa shape index (κ1) is 17.4. The van der Waals surface area contributed by atoms with Crippen LogP contribution in [0.4, 0.5) is 10.8 Å². The quantitative estimate of drug-likeness (QED) is 0.689. The molecular weight excluding hydrogens is 382 g/mol. The monoisotopic (exact) mass is 393 g/mol. The highest BCUT2D eigenvalue weighted by molar-refractivity contribution is 7.93. The summed E-state index contributed by atoms with van der Waals surface area (Å²) in [5.74, 6) is -0.441. The standard InChI is InChI=1S/C16H12ClN3O3S2/c17-11-6-8-12(9-7-11)18-15(21)14-10-24-16(19-14)20-25(22,23)13-4-2-1-3-5-13/h1-10H,(H,18,21)(H,19,20). The van der Waals surface area contributed by atoms with Crippen molar-refractivity contribution in [3.63, 3.8) is 0 Å². The number of benzene rings is 2. The lowest BCUT2D eigenvalue weighted by Gasteiger charge is -2.04. The average Bonchev–Trinajstić information content (AvgIpc) is 3.06. The highest BCUT2D eigenvalue weighted by Gasteiger charge is 2.17. The summed E-state index contributed by atoms with van der Waals surface area (Å²) in [4.78, 5) is 16.3. The highest BCUT2D eigenvalue weighted by atomic mass is 35.5. The predicted molar refractivity (Wildman–Crippen MR) is 98.8 cm³/mol. The second kappa shape index (κ2) is 7.22. The van der Waals surface area contributed by atoms with Gasteiger partial charge in [-0.2, -0.15) is 0 Å². The summed E-state index contributed by atoms with van der Waals surface area (Å²) in [7, 11) is -3.74. The number of carbonyl (C=O) groups is 1. The number of nitrogens with zero attached hydrogens (tertiary/aromatic N) is 1. The van der Waals surface area contributed by atoms with Crippen molar-refractivity contribution < 1.29 is 13.2 Å². The van der Waals surface area contributed by atoms with Gasteiger partial charge in [-0.25, -0.2) is 13.4 Å². The van der Waals surface area contributed by atoms with Crippen molar-refractivity contribution in [3.05, 3.63) is 70.7 Å². The van der Waals surface area contributed by atoms with Crippen LogP contribution in [0.1, 0.15) is 10.5 Å². The molecule has 0 aliphatic heterocycles. The third-order valence-electron chi connectivity index (χ3n) is 3.11. The number of aromatic nitrogens is 1. The molecule has 25 heavy (non-hydrogen) atoms. The molecule has 2 N–H and O–H groups in total. The van der Waals surface area contributed by atoms with Crippen LogP contribution in [0.5, 0.6) is 0 Å². The largest absolute Gasteiger partial charge is 0.321 e. The number of carbonyl (C=O) groups excluding carboxylic acids is 1. The molecule has 0 radical (unpaired) electrons. The van der Waals surface area contributed by atoms with Gasteiger partial charge in [0, 0.05) is 16.1 Å². The van der Waals surface area contributed by atoms with Crippen LogP contribution in [0.25, 0.3) is 0 Å². The minimum Gasteiger partial charge on any atom is -0.321 e. The fourth-order valence-electron chi connectivity index (χ4n) is 1.93. The second-order valence-corrected chi connectivity index (χ2v) is 7.89. The summed E-state index contributed by atoms with van der Waals surface area (Å²) >= 11 is 6.82. The summed E-state index contributed by atoms with van der Waals surface area (Å²) in [5.41, 5.74) is 0.680. The van der Waals surface area contributed by atoms with Gasteiger partial charge in [0.2, 0.25) is 0 Å². The van der Waals surface area contributed by atoms with E-state index in [0.717, 1.165) is 11.3 Å². The maximum atomic E-state index is 12.2. The number of rotatable bonds is 5. The lowest BCUT2D eigenvalue weighted by Crippen LogP contribution is -2.14. The van der Waals surface area contributed by atoms with Gasteiger partial charge in [-0.3, -0.25) is 9.52 Å². The molecule has 0 atom stereocenters. The van der Waals surface area contributed by atoms with E-state index >= 15 is 0 Å². The van der Waals surface area contributed by atoms with Crippen molar-refractivity contribution in [1.29, 1.82) is 0 Å². The Kier molecular flexibility index (Phi) is 5.03. The van der Waals surface area contributed by atoms with Gasteiger partial charge in [0.1, 0.15) is 5.69 Å². The van der Waals surface area contributed by atoms with Crippen molar-refractivity contribution in [1.82, 2.24) is 4.98 Å². The Morgan fingerprint density at radius 2 is 1.72 bits per heavy atom. The van der Waals surface area contributed by atoms with E-state index in [-0.39, 0.29) is 15.7 Å². The summed E-state index contributed by atoms with van der Waals surface area (Å²) in [6, 6.07) is 14.5. The van der Waals surface area contributed by atoms with Crippen LogP contribution < -0.4 is 10.0 Å². The maximum absolute atomic E-state index is 12.2. The number of amides is 1. The second-order valence-electron chi connectivity index (χ2n) is 4.92. The minimum atomic E-state index is -3.74. The van der Waals surface area contributed by atoms with Gasteiger partial charge in [-0.05, 0) is 36.4 Å². The molecule has 9 heteroatoms. The van der Waals surface area contributed by atoms with Crippen LogP contribution in [0.3, 0.4) is 0 Å². The van der Waals surface area contributed by atoms with Gasteiger partial charge in [0.05, 0.1) is 4.90 Å². The Hall–Kier alpha value is -2.42. The summed E-state index contributed by atoms with van der Waals surface area (Å²) in [6.07, 6.45) is 0. The molecule has 1 aromatic heterocycles. The highest BCUT2D eigenvalue weighted by Crippen LogP contribution is 2.21. The normalized spacial score (nSPS) is 11.1. The van der Waals surface area contributed by atoms with E-state index in [1.807, 2.05) is 0 Å². The molecule has 0 aliphatic rings. The maximum Gasteiger partial charge on any atom is 0.275 e. The Morgan fingerprint density at radius 1 is 1.04 bits per heavy atom. The molecule has 0 spiro atoms. The van der Waals surface area contributed by atoms with Crippen molar-refractivity contribution in [2.45, 2.75) is 4.90 Å². The van der Waals surface area contributed by atoms with E-state index in [9.17, 15) is 13.2 Å². The molecule has 1 heterocycles. The number of anilines is 2. The van der Waals surface area contributed by atoms with E-state index in [1.165, 1.54) is 17.5 Å². The van der Waals surface area contributed by atoms with Crippen molar-refractivity contribution in [2.75, 3.05) is 10.0 Å². The smallest absolute Gasteiger partial charge is 0.275 e. The zero-order chi connectivity index (χ0) is 17.9. The van der Waals surface area contributed by atoms with Crippen LogP contribution >= 0.6 is 22.9 Å². The predicted octanol–water partition coefficient (Wildman–Crippen LogP) is 3.85. The van der Waals surface area contributed by atoms with Gasteiger partial charge in [-0.15, -0.1) is 11.3 Å². The zero-order valence-electron chi connectivity index (χ0n) is 12.6. The summed E-state index contributed by atoms with van der Waals surface area (Å²) < 4.78 is 26.9. The number of halogens is 1. The first-order valence-corrected chi connectivity index (χ1v) is 9.78. The van der Waals surface area contributed by atoms with Gasteiger partial charge in [0.15, 0.2) is 5.13 Å². The van der Waals surface area contributed by atoms with Gasteiger partial charge in [-0.1, -0.05) is 29.8 Å². The summed E-state index contributed by atoms with van der Waals surface area (Å²) in [6.45, 7) is 0. The van der Waals surface area contributed by atoms with Gasteiger partial charge >= 0.3 is 0 Å². The number of thiazole rings is 1. The van der Waals surface area contributed by atoms with E-state index in [0.29, 0.717) is 10.7 Å². The third-order valence-corrected chi connectivity index (χ3v) is 5.61. The number of hydrogen-bond donors (Lipinski definition) is 2. The fraction of sp³-hybridized carbons (Fsp3) is 0. The van der Waals surface area contributed by atoms with Crippen LogP contribution in [-0.4, -0.2) is 19.3 Å². The minimum absolute atomic E-state index is 0.116. The lowest BCUT2D eigenvalue weighted by atomic mass is 10.3. The zero-order valence-corrected chi connectivity index (χ0v) is 15.0. The van der Waals surface area contributed by atoms with E-state index < -0.39 is 15.9 Å². The molecule has 2 aromatic carbocycles. The number of nitrogens with one attached hydrogen (secondary N) is 2. The SMILES string of the molecule is O=C(Nc1ccc(Cl)cc1)c1csc(NS(=O)(=O)c2ccccc2)n1. The molecule has 0 fully saturated rings. The molecule has 6 nitrogen and oxygen atoms in total. The topological polar surface area (TPSA) is 88.2 Å². The van der Waals surface area contributed by atoms with Crippen molar-refractivity contribution >= 4 is 49.7 Å². The molecule has 0 unspecified atom stereocenters. The van der Waals surface area contributed by atoms with E-state index in [1.54, 1.807) is 42.5 Å². The molecule has 3 aromatic rings. The Labute approximate surface area is 153 Å². The van der Waals surface area contributed by atoms with Crippen LogP contribution in [0, 0.1) is 0 Å².